The van der Waals surface area contributed by atoms with Gasteiger partial charge in [-0.05, 0) is 11.1 Å². The first-order valence-corrected chi connectivity index (χ1v) is 9.44. The minimum absolute atomic E-state index is 0.0266. The van der Waals surface area contributed by atoms with Gasteiger partial charge in [-0.15, -0.1) is 0 Å². The molecule has 3 atom stereocenters. The highest BCUT2D eigenvalue weighted by molar-refractivity contribution is 14.1. The number of alkyl halides is 1. The highest BCUT2D eigenvalue weighted by Crippen LogP contribution is 2.27. The van der Waals surface area contributed by atoms with Crippen LogP contribution in [-0.4, -0.2) is 16.6 Å². The Hall–Kier alpha value is -1.17. The summed E-state index contributed by atoms with van der Waals surface area (Å²) in [6, 6.07) is 20.6. The van der Waals surface area contributed by atoms with Gasteiger partial charge in [0.1, 0.15) is 6.10 Å². The SMILES string of the molecule is IC[C@@H]1C=C[C@H](OCc2ccccc2)[C@@H]1OCc1ccccc1. The molecule has 3 rings (SSSR count). The van der Waals surface area contributed by atoms with Crippen LogP contribution in [0, 0.1) is 5.92 Å². The smallest absolute Gasteiger partial charge is 0.103 e. The lowest BCUT2D eigenvalue weighted by Gasteiger charge is -2.25. The molecule has 23 heavy (non-hydrogen) atoms. The van der Waals surface area contributed by atoms with Crippen LogP contribution in [0.3, 0.4) is 0 Å². The van der Waals surface area contributed by atoms with Crippen molar-refractivity contribution in [3.05, 3.63) is 83.9 Å². The fourth-order valence-corrected chi connectivity index (χ4v) is 3.55. The standard InChI is InChI=1S/C20H21IO2/c21-13-18-11-12-19(22-14-16-7-3-1-4-8-16)20(18)23-15-17-9-5-2-6-10-17/h1-12,18-20H,13-15H2/t18-,19-,20+/m0/s1. The Labute approximate surface area is 151 Å². The summed E-state index contributed by atoms with van der Waals surface area (Å²) in [4.78, 5) is 0. The van der Waals surface area contributed by atoms with Gasteiger partial charge in [-0.25, -0.2) is 0 Å². The molecule has 1 aliphatic rings. The maximum atomic E-state index is 6.20. The molecule has 0 aromatic heterocycles. The summed E-state index contributed by atoms with van der Waals surface area (Å²) < 4.78 is 13.3. The maximum Gasteiger partial charge on any atom is 0.103 e. The lowest BCUT2D eigenvalue weighted by atomic mass is 10.1. The largest absolute Gasteiger partial charge is 0.370 e. The second-order valence-electron chi connectivity index (χ2n) is 5.73. The number of hydrogen-bond acceptors (Lipinski definition) is 2. The van der Waals surface area contributed by atoms with Crippen molar-refractivity contribution in [3.63, 3.8) is 0 Å². The number of ether oxygens (including phenoxy) is 2. The van der Waals surface area contributed by atoms with Gasteiger partial charge in [0, 0.05) is 10.3 Å². The van der Waals surface area contributed by atoms with E-state index in [0.29, 0.717) is 19.1 Å². The van der Waals surface area contributed by atoms with Gasteiger partial charge in [0.05, 0.1) is 19.3 Å². The van der Waals surface area contributed by atoms with Crippen LogP contribution >= 0.6 is 22.6 Å². The number of hydrogen-bond donors (Lipinski definition) is 0. The fraction of sp³-hybridized carbons (Fsp3) is 0.300. The molecule has 1 aliphatic carbocycles. The third kappa shape index (κ3) is 4.66. The molecule has 0 radical (unpaired) electrons. The van der Waals surface area contributed by atoms with Crippen molar-refractivity contribution in [3.8, 4) is 0 Å². The fourth-order valence-electron chi connectivity index (χ4n) is 2.76. The summed E-state index contributed by atoms with van der Waals surface area (Å²) >= 11 is 2.42. The molecule has 3 heteroatoms. The lowest BCUT2D eigenvalue weighted by molar-refractivity contribution is -0.0699. The molecule has 0 fully saturated rings. The van der Waals surface area contributed by atoms with Gasteiger partial charge in [0.15, 0.2) is 0 Å². The molecule has 0 spiro atoms. The van der Waals surface area contributed by atoms with Crippen molar-refractivity contribution in [1.82, 2.24) is 0 Å². The zero-order valence-corrected chi connectivity index (χ0v) is 15.1. The molecule has 0 saturated carbocycles. The van der Waals surface area contributed by atoms with Gasteiger partial charge in [-0.2, -0.15) is 0 Å². The Morgan fingerprint density at radius 2 is 1.30 bits per heavy atom. The van der Waals surface area contributed by atoms with Crippen molar-refractivity contribution in [2.24, 2.45) is 5.92 Å². The highest BCUT2D eigenvalue weighted by Gasteiger charge is 2.32. The van der Waals surface area contributed by atoms with Crippen LogP contribution in [-0.2, 0) is 22.7 Å². The summed E-state index contributed by atoms with van der Waals surface area (Å²) in [5.74, 6) is 0.417. The first-order valence-electron chi connectivity index (χ1n) is 7.92. The maximum absolute atomic E-state index is 6.20. The lowest BCUT2D eigenvalue weighted by Crippen LogP contribution is -2.32. The van der Waals surface area contributed by atoms with Gasteiger partial charge in [0.2, 0.25) is 0 Å². The van der Waals surface area contributed by atoms with Gasteiger partial charge >= 0.3 is 0 Å². The third-order valence-electron chi connectivity index (χ3n) is 4.04. The van der Waals surface area contributed by atoms with Crippen LogP contribution in [0.15, 0.2) is 72.8 Å². The second-order valence-corrected chi connectivity index (χ2v) is 6.61. The minimum Gasteiger partial charge on any atom is -0.370 e. The van der Waals surface area contributed by atoms with Crippen LogP contribution in [0.1, 0.15) is 11.1 Å². The normalized spacial score (nSPS) is 23.3. The molecule has 120 valence electrons. The Balaban J connectivity index is 1.58. The summed E-state index contributed by atoms with van der Waals surface area (Å²) in [5.41, 5.74) is 2.40. The first kappa shape index (κ1) is 16.7. The van der Waals surface area contributed by atoms with E-state index in [0.717, 1.165) is 4.43 Å². The molecule has 2 aromatic rings. The van der Waals surface area contributed by atoms with Gasteiger partial charge in [-0.3, -0.25) is 0 Å². The topological polar surface area (TPSA) is 18.5 Å². The number of rotatable bonds is 7. The van der Waals surface area contributed by atoms with Crippen LogP contribution < -0.4 is 0 Å². The Morgan fingerprint density at radius 1 is 0.739 bits per heavy atom. The van der Waals surface area contributed by atoms with Crippen molar-refractivity contribution in [2.75, 3.05) is 4.43 Å². The van der Waals surface area contributed by atoms with E-state index in [2.05, 4.69) is 59.0 Å². The van der Waals surface area contributed by atoms with E-state index in [1.807, 2.05) is 36.4 Å². The van der Waals surface area contributed by atoms with E-state index in [1.54, 1.807) is 0 Å². The molecule has 0 bridgehead atoms. The molecule has 0 saturated heterocycles. The molecule has 2 aromatic carbocycles. The molecule has 0 amide bonds. The van der Waals surface area contributed by atoms with E-state index in [4.69, 9.17) is 9.47 Å². The van der Waals surface area contributed by atoms with Crippen LogP contribution in [0.4, 0.5) is 0 Å². The monoisotopic (exact) mass is 420 g/mol. The quantitative estimate of drug-likeness (QED) is 0.365. The molecule has 2 nitrogen and oxygen atoms in total. The van der Waals surface area contributed by atoms with Gasteiger partial charge in [0.25, 0.3) is 0 Å². The average molecular weight is 420 g/mol. The zero-order valence-electron chi connectivity index (χ0n) is 13.0. The summed E-state index contributed by atoms with van der Waals surface area (Å²) in [5, 5.41) is 0. The van der Waals surface area contributed by atoms with E-state index >= 15 is 0 Å². The average Bonchev–Trinajstić information content (AvgIpc) is 3.02. The molecular weight excluding hydrogens is 399 g/mol. The second kappa shape index (κ2) is 8.62. The predicted octanol–water partition coefficient (Wildman–Crippen LogP) is 4.78. The first-order chi connectivity index (χ1) is 11.4. The van der Waals surface area contributed by atoms with Gasteiger partial charge in [-0.1, -0.05) is 95.4 Å². The van der Waals surface area contributed by atoms with E-state index in [9.17, 15) is 0 Å². The van der Waals surface area contributed by atoms with E-state index in [-0.39, 0.29) is 12.2 Å². The van der Waals surface area contributed by atoms with Crippen molar-refractivity contribution in [1.29, 1.82) is 0 Å². The van der Waals surface area contributed by atoms with Crippen LogP contribution in [0.25, 0.3) is 0 Å². The minimum atomic E-state index is 0.0266. The Kier molecular flexibility index (Phi) is 6.25. The molecule has 0 unspecified atom stereocenters. The molecule has 0 heterocycles. The predicted molar refractivity (Wildman–Crippen MR) is 102 cm³/mol. The Bertz CT molecular complexity index is 612. The molecule has 0 N–H and O–H groups in total. The highest BCUT2D eigenvalue weighted by atomic mass is 127. The van der Waals surface area contributed by atoms with Gasteiger partial charge < -0.3 is 9.47 Å². The summed E-state index contributed by atoms with van der Waals surface area (Å²) in [7, 11) is 0. The van der Waals surface area contributed by atoms with Crippen molar-refractivity contribution in [2.45, 2.75) is 25.4 Å². The van der Waals surface area contributed by atoms with Crippen LogP contribution in [0.5, 0.6) is 0 Å². The summed E-state index contributed by atoms with van der Waals surface area (Å²) in [6.07, 6.45) is 4.51. The van der Waals surface area contributed by atoms with Crippen molar-refractivity contribution >= 4 is 22.6 Å². The Morgan fingerprint density at radius 3 is 1.87 bits per heavy atom. The summed E-state index contributed by atoms with van der Waals surface area (Å²) in [6.45, 7) is 1.25. The van der Waals surface area contributed by atoms with Crippen molar-refractivity contribution < 1.29 is 9.47 Å². The zero-order chi connectivity index (χ0) is 15.9. The third-order valence-corrected chi connectivity index (χ3v) is 5.06. The molecular formula is C20H21IO2. The molecule has 0 aliphatic heterocycles. The number of benzene rings is 2. The van der Waals surface area contributed by atoms with E-state index < -0.39 is 0 Å². The van der Waals surface area contributed by atoms with E-state index in [1.165, 1.54) is 11.1 Å². The van der Waals surface area contributed by atoms with Crippen LogP contribution in [0.2, 0.25) is 0 Å². The number of halogens is 1.